The van der Waals surface area contributed by atoms with Gasteiger partial charge in [0.05, 0.1) is 12.6 Å². The molecule has 0 aliphatic carbocycles. The number of aromatic nitrogens is 1. The molecule has 0 bridgehead atoms. The van der Waals surface area contributed by atoms with Crippen LogP contribution in [0.1, 0.15) is 18.5 Å². The highest BCUT2D eigenvalue weighted by atomic mass is 16.3. The van der Waals surface area contributed by atoms with E-state index in [4.69, 9.17) is 5.11 Å². The van der Waals surface area contributed by atoms with Crippen LogP contribution in [0.25, 0.3) is 0 Å². The minimum atomic E-state index is 0.0752. The van der Waals surface area contributed by atoms with Crippen LogP contribution in [0.2, 0.25) is 0 Å². The second-order valence-corrected chi connectivity index (χ2v) is 2.44. The Balaban J connectivity index is 2.56. The number of hydrogen-bond donors (Lipinski definition) is 3. The van der Waals surface area contributed by atoms with Crippen LogP contribution in [-0.2, 0) is 0 Å². The van der Waals surface area contributed by atoms with E-state index in [-0.39, 0.29) is 12.6 Å². The summed E-state index contributed by atoms with van der Waals surface area (Å²) in [5, 5.41) is 12.1. The topological polar surface area (TPSA) is 48.0 Å². The molecule has 0 aliphatic heterocycles. The van der Waals surface area contributed by atoms with Crippen molar-refractivity contribution < 1.29 is 5.11 Å². The van der Waals surface area contributed by atoms with Gasteiger partial charge in [-0.3, -0.25) is 0 Å². The predicted molar refractivity (Wildman–Crippen MR) is 44.3 cm³/mol. The molecule has 1 aromatic rings. The third-order valence-corrected chi connectivity index (χ3v) is 1.66. The number of rotatable bonds is 4. The highest BCUT2D eigenvalue weighted by molar-refractivity contribution is 5.13. The fourth-order valence-electron chi connectivity index (χ4n) is 1.09. The van der Waals surface area contributed by atoms with E-state index in [2.05, 4.69) is 10.3 Å². The van der Waals surface area contributed by atoms with Crippen molar-refractivity contribution in [1.29, 1.82) is 0 Å². The minimum Gasteiger partial charge on any atom is -0.394 e. The van der Waals surface area contributed by atoms with Gasteiger partial charge >= 0.3 is 0 Å². The number of nitrogens with one attached hydrogen (secondary N) is 2. The molecule has 3 nitrogen and oxygen atoms in total. The third kappa shape index (κ3) is 2.06. The summed E-state index contributed by atoms with van der Waals surface area (Å²) < 4.78 is 0. The maximum atomic E-state index is 8.95. The maximum Gasteiger partial charge on any atom is 0.0627 e. The van der Waals surface area contributed by atoms with Gasteiger partial charge in [0.25, 0.3) is 0 Å². The van der Waals surface area contributed by atoms with Gasteiger partial charge in [0.1, 0.15) is 0 Å². The molecule has 62 valence electrons. The van der Waals surface area contributed by atoms with Crippen LogP contribution in [0, 0.1) is 0 Å². The second kappa shape index (κ2) is 4.16. The van der Waals surface area contributed by atoms with Gasteiger partial charge < -0.3 is 15.4 Å². The smallest absolute Gasteiger partial charge is 0.0627 e. The van der Waals surface area contributed by atoms with Crippen LogP contribution >= 0.6 is 0 Å². The normalized spacial score (nSPS) is 13.3. The Hall–Kier alpha value is -0.800. The second-order valence-electron chi connectivity index (χ2n) is 2.44. The molecular formula is C8H14N2O. The molecule has 11 heavy (non-hydrogen) atoms. The van der Waals surface area contributed by atoms with Gasteiger partial charge in [-0.1, -0.05) is 6.92 Å². The average molecular weight is 154 g/mol. The van der Waals surface area contributed by atoms with Gasteiger partial charge in [-0.15, -0.1) is 0 Å². The fourth-order valence-corrected chi connectivity index (χ4v) is 1.09. The summed E-state index contributed by atoms with van der Waals surface area (Å²) in [5.74, 6) is 0. The van der Waals surface area contributed by atoms with Crippen molar-refractivity contribution in [2.24, 2.45) is 0 Å². The molecule has 0 fully saturated rings. The zero-order valence-corrected chi connectivity index (χ0v) is 6.67. The summed E-state index contributed by atoms with van der Waals surface area (Å²) in [4.78, 5) is 2.95. The number of aliphatic hydroxyl groups is 1. The van der Waals surface area contributed by atoms with E-state index in [0.29, 0.717) is 0 Å². The van der Waals surface area contributed by atoms with Gasteiger partial charge in [0.2, 0.25) is 0 Å². The van der Waals surface area contributed by atoms with Crippen molar-refractivity contribution in [3.63, 3.8) is 0 Å². The van der Waals surface area contributed by atoms with Crippen molar-refractivity contribution in [2.75, 3.05) is 13.2 Å². The Labute approximate surface area is 66.4 Å². The first kappa shape index (κ1) is 8.30. The van der Waals surface area contributed by atoms with Crippen LogP contribution in [0.3, 0.4) is 0 Å². The van der Waals surface area contributed by atoms with Crippen molar-refractivity contribution >= 4 is 0 Å². The quantitative estimate of drug-likeness (QED) is 0.596. The lowest BCUT2D eigenvalue weighted by Gasteiger charge is -2.12. The highest BCUT2D eigenvalue weighted by Gasteiger charge is 2.07. The summed E-state index contributed by atoms with van der Waals surface area (Å²) in [6, 6.07) is 2.04. The number of hydrogen-bond acceptors (Lipinski definition) is 2. The monoisotopic (exact) mass is 154 g/mol. The summed E-state index contributed by atoms with van der Waals surface area (Å²) in [5.41, 5.74) is 1.11. The van der Waals surface area contributed by atoms with Crippen molar-refractivity contribution in [3.8, 4) is 0 Å². The highest BCUT2D eigenvalue weighted by Crippen LogP contribution is 2.09. The Morgan fingerprint density at radius 1 is 1.73 bits per heavy atom. The Morgan fingerprint density at radius 2 is 2.55 bits per heavy atom. The minimum absolute atomic E-state index is 0.0752. The lowest BCUT2D eigenvalue weighted by Crippen LogP contribution is -2.23. The molecule has 1 aromatic heterocycles. The molecule has 1 unspecified atom stereocenters. The Kier molecular flexibility index (Phi) is 3.14. The number of aromatic amines is 1. The van der Waals surface area contributed by atoms with E-state index in [0.717, 1.165) is 12.1 Å². The number of H-pyrrole nitrogens is 1. The standard InChI is InChI=1S/C8H14N2O/c1-2-10-8(6-11)7-3-4-9-5-7/h3-5,8-11H,2,6H2,1H3. The van der Waals surface area contributed by atoms with Crippen molar-refractivity contribution in [3.05, 3.63) is 24.0 Å². The first-order valence-electron chi connectivity index (χ1n) is 3.85. The first-order chi connectivity index (χ1) is 5.38. The zero-order chi connectivity index (χ0) is 8.10. The average Bonchev–Trinajstić information content (AvgIpc) is 2.52. The lowest BCUT2D eigenvalue weighted by molar-refractivity contribution is 0.246. The summed E-state index contributed by atoms with van der Waals surface area (Å²) in [6.07, 6.45) is 3.75. The van der Waals surface area contributed by atoms with Crippen molar-refractivity contribution in [1.82, 2.24) is 10.3 Å². The molecule has 0 saturated heterocycles. The molecule has 3 N–H and O–H groups in total. The van der Waals surface area contributed by atoms with E-state index in [1.165, 1.54) is 0 Å². The first-order valence-corrected chi connectivity index (χ1v) is 3.85. The predicted octanol–water partition coefficient (Wildman–Crippen LogP) is 0.658. The molecular weight excluding hydrogens is 140 g/mol. The number of aliphatic hydroxyl groups excluding tert-OH is 1. The van der Waals surface area contributed by atoms with Gasteiger partial charge in [0.15, 0.2) is 0 Å². The Bertz CT molecular complexity index is 184. The largest absolute Gasteiger partial charge is 0.394 e. The lowest BCUT2D eigenvalue weighted by atomic mass is 10.1. The van der Waals surface area contributed by atoms with Crippen LogP contribution in [0.5, 0.6) is 0 Å². The van der Waals surface area contributed by atoms with Gasteiger partial charge in [0, 0.05) is 12.4 Å². The van der Waals surface area contributed by atoms with Gasteiger partial charge in [-0.25, -0.2) is 0 Å². The van der Waals surface area contributed by atoms with Crippen LogP contribution in [0.15, 0.2) is 18.5 Å². The summed E-state index contributed by atoms with van der Waals surface area (Å²) in [7, 11) is 0. The van der Waals surface area contributed by atoms with E-state index in [1.54, 1.807) is 0 Å². The molecule has 0 aromatic carbocycles. The molecule has 3 heteroatoms. The maximum absolute atomic E-state index is 8.95. The van der Waals surface area contributed by atoms with Crippen LogP contribution in [0.4, 0.5) is 0 Å². The molecule has 1 heterocycles. The third-order valence-electron chi connectivity index (χ3n) is 1.66. The molecule has 0 amide bonds. The molecule has 0 spiro atoms. The van der Waals surface area contributed by atoms with Crippen LogP contribution < -0.4 is 5.32 Å². The summed E-state index contributed by atoms with van der Waals surface area (Å²) in [6.45, 7) is 3.04. The summed E-state index contributed by atoms with van der Waals surface area (Å²) >= 11 is 0. The number of likely N-dealkylation sites (N-methyl/N-ethyl adjacent to an activating group) is 1. The molecule has 1 atom stereocenters. The zero-order valence-electron chi connectivity index (χ0n) is 6.67. The molecule has 0 saturated carbocycles. The Morgan fingerprint density at radius 3 is 3.00 bits per heavy atom. The molecule has 0 aliphatic rings. The van der Waals surface area contributed by atoms with E-state index in [1.807, 2.05) is 25.4 Å². The van der Waals surface area contributed by atoms with Gasteiger partial charge in [-0.05, 0) is 18.2 Å². The van der Waals surface area contributed by atoms with Crippen molar-refractivity contribution in [2.45, 2.75) is 13.0 Å². The van der Waals surface area contributed by atoms with Crippen LogP contribution in [-0.4, -0.2) is 23.2 Å². The van der Waals surface area contributed by atoms with E-state index >= 15 is 0 Å². The van der Waals surface area contributed by atoms with Gasteiger partial charge in [-0.2, -0.15) is 0 Å². The van der Waals surface area contributed by atoms with E-state index < -0.39 is 0 Å². The fraction of sp³-hybridized carbons (Fsp3) is 0.500. The molecule has 0 radical (unpaired) electrons. The molecule has 1 rings (SSSR count). The SMILES string of the molecule is CCNC(CO)c1cc[nH]c1. The van der Waals surface area contributed by atoms with E-state index in [9.17, 15) is 0 Å².